The molecule has 2 aromatic heterocycles. The van der Waals surface area contributed by atoms with Gasteiger partial charge in [0.15, 0.2) is 0 Å². The highest BCUT2D eigenvalue weighted by Gasteiger charge is 2.13. The Morgan fingerprint density at radius 2 is 2.31 bits per heavy atom. The van der Waals surface area contributed by atoms with Crippen molar-refractivity contribution in [3.63, 3.8) is 0 Å². The Labute approximate surface area is 102 Å². The van der Waals surface area contributed by atoms with Crippen LogP contribution in [0.5, 0.6) is 0 Å². The van der Waals surface area contributed by atoms with Gasteiger partial charge in [-0.1, -0.05) is 17.4 Å². The van der Waals surface area contributed by atoms with Crippen LogP contribution in [0.25, 0.3) is 10.6 Å². The van der Waals surface area contributed by atoms with Crippen molar-refractivity contribution < 1.29 is 0 Å². The first-order valence-electron chi connectivity index (χ1n) is 5.18. The van der Waals surface area contributed by atoms with Crippen LogP contribution in [0.3, 0.4) is 0 Å². The first-order chi connectivity index (χ1) is 7.74. The van der Waals surface area contributed by atoms with Gasteiger partial charge in [0.05, 0.1) is 10.6 Å². The Morgan fingerprint density at radius 1 is 1.50 bits per heavy atom. The van der Waals surface area contributed by atoms with E-state index in [4.69, 9.17) is 5.73 Å². The van der Waals surface area contributed by atoms with E-state index in [2.05, 4.69) is 6.07 Å². The van der Waals surface area contributed by atoms with Crippen LogP contribution in [-0.4, -0.2) is 11.1 Å². The standard InChI is InChI=1S/C11H14N2OS2/c1-8-10(9-4-2-7-15-9)13(6-3-5-12)11(14)16-8/h2,4,7H,3,5-6,12H2,1H3. The van der Waals surface area contributed by atoms with E-state index in [1.807, 2.05) is 22.9 Å². The first kappa shape index (κ1) is 11.6. The van der Waals surface area contributed by atoms with Crippen molar-refractivity contribution in [2.45, 2.75) is 19.9 Å². The molecule has 0 saturated carbocycles. The number of aromatic nitrogens is 1. The van der Waals surface area contributed by atoms with E-state index < -0.39 is 0 Å². The summed E-state index contributed by atoms with van der Waals surface area (Å²) in [7, 11) is 0. The molecule has 0 aliphatic heterocycles. The molecule has 0 amide bonds. The molecule has 0 aliphatic carbocycles. The molecule has 0 aliphatic rings. The largest absolute Gasteiger partial charge is 0.330 e. The second-order valence-corrected chi connectivity index (χ2v) is 5.66. The third-order valence-corrected chi connectivity index (χ3v) is 4.18. The van der Waals surface area contributed by atoms with E-state index in [-0.39, 0.29) is 4.87 Å². The zero-order valence-corrected chi connectivity index (χ0v) is 10.7. The number of nitrogens with two attached hydrogens (primary N) is 1. The van der Waals surface area contributed by atoms with E-state index in [1.54, 1.807) is 11.3 Å². The van der Waals surface area contributed by atoms with Crippen LogP contribution < -0.4 is 10.6 Å². The maximum absolute atomic E-state index is 11.8. The van der Waals surface area contributed by atoms with Crippen molar-refractivity contribution in [2.75, 3.05) is 6.54 Å². The molecular weight excluding hydrogens is 240 g/mol. The van der Waals surface area contributed by atoms with Gasteiger partial charge in [0.2, 0.25) is 0 Å². The lowest BCUT2D eigenvalue weighted by molar-refractivity contribution is 0.647. The molecule has 5 heteroatoms. The molecule has 2 rings (SSSR count). The molecule has 0 bridgehead atoms. The topological polar surface area (TPSA) is 48.0 Å². The zero-order chi connectivity index (χ0) is 11.5. The Morgan fingerprint density at radius 3 is 2.94 bits per heavy atom. The third-order valence-electron chi connectivity index (χ3n) is 2.40. The molecule has 2 N–H and O–H groups in total. The van der Waals surface area contributed by atoms with Gasteiger partial charge in [-0.25, -0.2) is 0 Å². The Balaban J connectivity index is 2.47. The van der Waals surface area contributed by atoms with Crippen LogP contribution in [0.4, 0.5) is 0 Å². The molecule has 16 heavy (non-hydrogen) atoms. The maximum Gasteiger partial charge on any atom is 0.307 e. The quantitative estimate of drug-likeness (QED) is 0.910. The summed E-state index contributed by atoms with van der Waals surface area (Å²) in [5.74, 6) is 0. The van der Waals surface area contributed by atoms with Crippen molar-refractivity contribution in [3.8, 4) is 10.6 Å². The second kappa shape index (κ2) is 4.95. The number of nitrogens with zero attached hydrogens (tertiary/aromatic N) is 1. The van der Waals surface area contributed by atoms with Crippen LogP contribution in [-0.2, 0) is 6.54 Å². The van der Waals surface area contributed by atoms with Gasteiger partial charge in [0, 0.05) is 11.4 Å². The number of rotatable bonds is 4. The average Bonchev–Trinajstić information content (AvgIpc) is 2.83. The lowest BCUT2D eigenvalue weighted by atomic mass is 10.3. The van der Waals surface area contributed by atoms with Crippen LogP contribution in [0.1, 0.15) is 11.3 Å². The van der Waals surface area contributed by atoms with Crippen molar-refractivity contribution >= 4 is 22.7 Å². The minimum atomic E-state index is 0.120. The van der Waals surface area contributed by atoms with Gasteiger partial charge in [-0.2, -0.15) is 0 Å². The number of thiazole rings is 1. The summed E-state index contributed by atoms with van der Waals surface area (Å²) in [6, 6.07) is 4.06. The summed E-state index contributed by atoms with van der Waals surface area (Å²) in [6.45, 7) is 3.33. The smallest absolute Gasteiger partial charge is 0.307 e. The molecule has 3 nitrogen and oxygen atoms in total. The molecule has 86 valence electrons. The minimum absolute atomic E-state index is 0.120. The number of hydrogen-bond acceptors (Lipinski definition) is 4. The monoisotopic (exact) mass is 254 g/mol. The zero-order valence-electron chi connectivity index (χ0n) is 9.10. The van der Waals surface area contributed by atoms with E-state index in [9.17, 15) is 4.79 Å². The molecule has 0 unspecified atom stereocenters. The predicted octanol–water partition coefficient (Wildman–Crippen LogP) is 2.30. The predicted molar refractivity (Wildman–Crippen MR) is 70.3 cm³/mol. The fraction of sp³-hybridized carbons (Fsp3) is 0.364. The summed E-state index contributed by atoms with van der Waals surface area (Å²) < 4.78 is 1.85. The van der Waals surface area contributed by atoms with Crippen LogP contribution in [0.15, 0.2) is 22.3 Å². The van der Waals surface area contributed by atoms with E-state index in [0.717, 1.165) is 21.9 Å². The van der Waals surface area contributed by atoms with E-state index >= 15 is 0 Å². The molecule has 0 saturated heterocycles. The fourth-order valence-corrected chi connectivity index (χ4v) is 3.46. The van der Waals surface area contributed by atoms with Gasteiger partial charge < -0.3 is 5.73 Å². The summed E-state index contributed by atoms with van der Waals surface area (Å²) in [4.78, 5) is 14.2. The van der Waals surface area contributed by atoms with Crippen LogP contribution in [0.2, 0.25) is 0 Å². The number of hydrogen-bond donors (Lipinski definition) is 1. The SMILES string of the molecule is Cc1sc(=O)n(CCCN)c1-c1cccs1. The molecule has 2 heterocycles. The van der Waals surface area contributed by atoms with Crippen molar-refractivity contribution in [1.82, 2.24) is 4.57 Å². The Bertz CT molecular complexity index is 511. The van der Waals surface area contributed by atoms with Crippen LogP contribution >= 0.6 is 22.7 Å². The highest BCUT2D eigenvalue weighted by Crippen LogP contribution is 2.29. The minimum Gasteiger partial charge on any atom is -0.330 e. The lowest BCUT2D eigenvalue weighted by Gasteiger charge is -2.05. The average molecular weight is 254 g/mol. The van der Waals surface area contributed by atoms with E-state index in [1.165, 1.54) is 11.3 Å². The molecule has 0 radical (unpaired) electrons. The molecule has 0 aromatic carbocycles. The summed E-state index contributed by atoms with van der Waals surface area (Å²) in [6.07, 6.45) is 0.842. The molecule has 2 aromatic rings. The first-order valence-corrected chi connectivity index (χ1v) is 6.88. The Kier molecular flexibility index (Phi) is 3.58. The highest BCUT2D eigenvalue weighted by atomic mass is 32.1. The number of thiophene rings is 1. The molecule has 0 spiro atoms. The van der Waals surface area contributed by atoms with Crippen molar-refractivity contribution in [3.05, 3.63) is 32.1 Å². The molecular formula is C11H14N2OS2. The van der Waals surface area contributed by atoms with Gasteiger partial charge >= 0.3 is 4.87 Å². The number of aryl methyl sites for hydroxylation is 1. The fourth-order valence-electron chi connectivity index (χ4n) is 1.69. The van der Waals surface area contributed by atoms with Crippen LogP contribution in [0, 0.1) is 6.92 Å². The van der Waals surface area contributed by atoms with Gasteiger partial charge in [0.25, 0.3) is 0 Å². The summed E-state index contributed by atoms with van der Waals surface area (Å²) >= 11 is 2.98. The highest BCUT2D eigenvalue weighted by molar-refractivity contribution is 7.14. The van der Waals surface area contributed by atoms with Gasteiger partial charge in [-0.3, -0.25) is 9.36 Å². The summed E-state index contributed by atoms with van der Waals surface area (Å²) in [5.41, 5.74) is 6.56. The van der Waals surface area contributed by atoms with Gasteiger partial charge in [0.1, 0.15) is 0 Å². The second-order valence-electron chi connectivity index (χ2n) is 3.54. The summed E-state index contributed by atoms with van der Waals surface area (Å²) in [5, 5.41) is 2.03. The van der Waals surface area contributed by atoms with Gasteiger partial charge in [-0.05, 0) is 31.3 Å². The third kappa shape index (κ3) is 2.11. The van der Waals surface area contributed by atoms with E-state index in [0.29, 0.717) is 13.1 Å². The maximum atomic E-state index is 11.8. The lowest BCUT2D eigenvalue weighted by Crippen LogP contribution is -2.16. The Hall–Kier alpha value is -0.910. The van der Waals surface area contributed by atoms with Crippen molar-refractivity contribution in [2.24, 2.45) is 5.73 Å². The molecule has 0 fully saturated rings. The van der Waals surface area contributed by atoms with Crippen molar-refractivity contribution in [1.29, 1.82) is 0 Å². The van der Waals surface area contributed by atoms with Gasteiger partial charge in [-0.15, -0.1) is 11.3 Å². The molecule has 0 atom stereocenters. The normalized spacial score (nSPS) is 10.9.